The van der Waals surface area contributed by atoms with Gasteiger partial charge in [-0.3, -0.25) is 4.55 Å². The van der Waals surface area contributed by atoms with Gasteiger partial charge in [-0.15, -0.1) is 0 Å². The van der Waals surface area contributed by atoms with E-state index >= 15 is 0 Å². The van der Waals surface area contributed by atoms with Gasteiger partial charge in [-0.1, -0.05) is 122 Å². The zero-order chi connectivity index (χ0) is 21.6. The number of hydrogen-bond acceptors (Lipinski definition) is 3. The Hall–Kier alpha value is -0.130. The van der Waals surface area contributed by atoms with E-state index in [0.29, 0.717) is 12.8 Å². The fourth-order valence-electron chi connectivity index (χ4n) is 3.93. The van der Waals surface area contributed by atoms with Gasteiger partial charge in [0.1, 0.15) is 0 Å². The van der Waals surface area contributed by atoms with Gasteiger partial charge in [-0.25, -0.2) is 0 Å². The van der Waals surface area contributed by atoms with Crippen LogP contribution in [0.2, 0.25) is 0 Å². The highest BCUT2D eigenvalue weighted by Crippen LogP contribution is 2.15. The van der Waals surface area contributed by atoms with Gasteiger partial charge in [0.15, 0.2) is 0 Å². The lowest BCUT2D eigenvalue weighted by atomic mass is 10.0. The van der Waals surface area contributed by atoms with E-state index in [1.165, 1.54) is 103 Å². The largest absolute Gasteiger partial charge is 0.393 e. The molecule has 0 saturated heterocycles. The molecule has 0 heterocycles. The Morgan fingerprint density at radius 1 is 0.552 bits per heavy atom. The zero-order valence-corrected chi connectivity index (χ0v) is 20.1. The van der Waals surface area contributed by atoms with Gasteiger partial charge in [-0.05, 0) is 19.3 Å². The topological polar surface area (TPSA) is 74.6 Å². The summed E-state index contributed by atoms with van der Waals surface area (Å²) in [5.74, 6) is -0.247. The molecular formula is C24H50O4S. The molecule has 0 aliphatic carbocycles. The lowest BCUT2D eigenvalue weighted by Crippen LogP contribution is -2.10. The standard InChI is InChI=1S/C24H50O4S/c1-2-3-4-5-6-7-8-9-10-11-12-13-14-15-16-17-18-19-21-24(25)22-20-23-29(26,27)28/h24-25H,2-23H2,1H3,(H,26,27,28). The maximum atomic E-state index is 10.6. The van der Waals surface area contributed by atoms with Crippen LogP contribution in [-0.4, -0.2) is 29.9 Å². The summed E-state index contributed by atoms with van der Waals surface area (Å²) in [5, 5.41) is 9.80. The Morgan fingerprint density at radius 2 is 0.862 bits per heavy atom. The van der Waals surface area contributed by atoms with Crippen molar-refractivity contribution in [3.05, 3.63) is 0 Å². The highest BCUT2D eigenvalue weighted by molar-refractivity contribution is 7.85. The van der Waals surface area contributed by atoms with Crippen LogP contribution in [0, 0.1) is 0 Å². The van der Waals surface area contributed by atoms with E-state index in [1.807, 2.05) is 0 Å². The summed E-state index contributed by atoms with van der Waals surface area (Å²) >= 11 is 0. The van der Waals surface area contributed by atoms with Gasteiger partial charge < -0.3 is 5.11 Å². The molecule has 0 saturated carbocycles. The first-order valence-corrected chi connectivity index (χ1v) is 14.2. The molecule has 0 aromatic carbocycles. The molecule has 0 fully saturated rings. The van der Waals surface area contributed by atoms with Crippen LogP contribution in [0.3, 0.4) is 0 Å². The molecular weight excluding hydrogens is 384 g/mol. The van der Waals surface area contributed by atoms with Crippen molar-refractivity contribution in [3.8, 4) is 0 Å². The van der Waals surface area contributed by atoms with Crippen molar-refractivity contribution in [3.63, 3.8) is 0 Å². The average Bonchev–Trinajstić information content (AvgIpc) is 2.66. The quantitative estimate of drug-likeness (QED) is 0.129. The Kier molecular flexibility index (Phi) is 21.0. The van der Waals surface area contributed by atoms with E-state index in [9.17, 15) is 13.5 Å². The molecule has 176 valence electrons. The van der Waals surface area contributed by atoms with Crippen molar-refractivity contribution in [1.82, 2.24) is 0 Å². The van der Waals surface area contributed by atoms with E-state index < -0.39 is 16.2 Å². The first-order chi connectivity index (χ1) is 14.0. The Morgan fingerprint density at radius 3 is 1.21 bits per heavy atom. The van der Waals surface area contributed by atoms with Crippen LogP contribution in [-0.2, 0) is 10.1 Å². The predicted octanol–water partition coefficient (Wildman–Crippen LogP) is 7.45. The SMILES string of the molecule is CCCCCCCCCCCCCCCCCCCCC(O)CCCS(=O)(=O)O. The summed E-state index contributed by atoms with van der Waals surface area (Å²) in [5.41, 5.74) is 0. The normalized spacial score (nSPS) is 13.1. The number of aliphatic hydroxyl groups excluding tert-OH is 1. The third-order valence-electron chi connectivity index (χ3n) is 5.83. The van der Waals surface area contributed by atoms with Crippen LogP contribution in [0.5, 0.6) is 0 Å². The summed E-state index contributed by atoms with van der Waals surface area (Å²) < 4.78 is 29.9. The molecule has 0 aliphatic rings. The van der Waals surface area contributed by atoms with Crippen LogP contribution >= 0.6 is 0 Å². The molecule has 0 bridgehead atoms. The van der Waals surface area contributed by atoms with Gasteiger partial charge in [0.05, 0.1) is 11.9 Å². The number of hydrogen-bond donors (Lipinski definition) is 2. The molecule has 0 rings (SSSR count). The van der Waals surface area contributed by atoms with Crippen LogP contribution in [0.15, 0.2) is 0 Å². The molecule has 0 aromatic rings. The van der Waals surface area contributed by atoms with E-state index in [0.717, 1.165) is 19.3 Å². The molecule has 0 aromatic heterocycles. The van der Waals surface area contributed by atoms with E-state index in [1.54, 1.807) is 0 Å². The van der Waals surface area contributed by atoms with Gasteiger partial charge in [-0.2, -0.15) is 8.42 Å². The maximum absolute atomic E-state index is 10.6. The second-order valence-electron chi connectivity index (χ2n) is 8.88. The third kappa shape index (κ3) is 25.8. The lowest BCUT2D eigenvalue weighted by molar-refractivity contribution is 0.150. The number of aliphatic hydroxyl groups is 1. The van der Waals surface area contributed by atoms with Gasteiger partial charge in [0.25, 0.3) is 10.1 Å². The van der Waals surface area contributed by atoms with Crippen molar-refractivity contribution in [2.75, 3.05) is 5.75 Å². The lowest BCUT2D eigenvalue weighted by Gasteiger charge is -2.09. The van der Waals surface area contributed by atoms with Crippen LogP contribution in [0.25, 0.3) is 0 Å². The Balaban J connectivity index is 3.15. The van der Waals surface area contributed by atoms with Crippen LogP contribution in [0.4, 0.5) is 0 Å². The highest BCUT2D eigenvalue weighted by Gasteiger charge is 2.08. The van der Waals surface area contributed by atoms with Crippen LogP contribution < -0.4 is 0 Å². The minimum absolute atomic E-state index is 0.247. The van der Waals surface area contributed by atoms with Gasteiger partial charge >= 0.3 is 0 Å². The molecule has 4 nitrogen and oxygen atoms in total. The minimum atomic E-state index is -3.88. The number of rotatable bonds is 23. The fraction of sp³-hybridized carbons (Fsp3) is 1.00. The summed E-state index contributed by atoms with van der Waals surface area (Å²) in [4.78, 5) is 0. The summed E-state index contributed by atoms with van der Waals surface area (Å²) in [7, 11) is -3.88. The smallest absolute Gasteiger partial charge is 0.264 e. The zero-order valence-electron chi connectivity index (χ0n) is 19.3. The van der Waals surface area contributed by atoms with E-state index in [2.05, 4.69) is 6.92 Å². The molecule has 5 heteroatoms. The summed E-state index contributed by atoms with van der Waals surface area (Å²) in [6.07, 6.45) is 25.4. The average molecular weight is 435 g/mol. The Bertz CT molecular complexity index is 423. The van der Waals surface area contributed by atoms with Gasteiger partial charge in [0.2, 0.25) is 0 Å². The van der Waals surface area contributed by atoms with Crippen LogP contribution in [0.1, 0.15) is 142 Å². The second kappa shape index (κ2) is 21.1. The van der Waals surface area contributed by atoms with Crippen molar-refractivity contribution >= 4 is 10.1 Å². The summed E-state index contributed by atoms with van der Waals surface area (Å²) in [6.45, 7) is 2.28. The minimum Gasteiger partial charge on any atom is -0.393 e. The van der Waals surface area contributed by atoms with Gasteiger partial charge in [0, 0.05) is 0 Å². The molecule has 0 radical (unpaired) electrons. The van der Waals surface area contributed by atoms with Crippen molar-refractivity contribution in [2.24, 2.45) is 0 Å². The molecule has 29 heavy (non-hydrogen) atoms. The third-order valence-corrected chi connectivity index (χ3v) is 6.64. The molecule has 0 spiro atoms. The molecule has 2 N–H and O–H groups in total. The molecule has 1 atom stereocenters. The molecule has 0 aliphatic heterocycles. The first kappa shape index (κ1) is 28.9. The predicted molar refractivity (Wildman–Crippen MR) is 125 cm³/mol. The maximum Gasteiger partial charge on any atom is 0.264 e. The first-order valence-electron chi connectivity index (χ1n) is 12.6. The second-order valence-corrected chi connectivity index (χ2v) is 10.5. The summed E-state index contributed by atoms with van der Waals surface area (Å²) in [6, 6.07) is 0. The highest BCUT2D eigenvalue weighted by atomic mass is 32.2. The molecule has 0 amide bonds. The van der Waals surface area contributed by atoms with Crippen molar-refractivity contribution in [2.45, 2.75) is 148 Å². The van der Waals surface area contributed by atoms with Crippen molar-refractivity contribution in [1.29, 1.82) is 0 Å². The van der Waals surface area contributed by atoms with E-state index in [-0.39, 0.29) is 5.75 Å². The van der Waals surface area contributed by atoms with E-state index in [4.69, 9.17) is 4.55 Å². The molecule has 1 unspecified atom stereocenters. The monoisotopic (exact) mass is 434 g/mol. The number of unbranched alkanes of at least 4 members (excludes halogenated alkanes) is 17. The fourth-order valence-corrected chi connectivity index (χ4v) is 4.46. The van der Waals surface area contributed by atoms with Crippen molar-refractivity contribution < 1.29 is 18.1 Å². The Labute approximate surface area is 182 Å².